The van der Waals surface area contributed by atoms with Crippen LogP contribution in [0.1, 0.15) is 56.6 Å². The lowest BCUT2D eigenvalue weighted by molar-refractivity contribution is -0.137. The molecule has 0 spiro atoms. The predicted octanol–water partition coefficient (Wildman–Crippen LogP) is 3.18. The van der Waals surface area contributed by atoms with Gasteiger partial charge in [0.25, 0.3) is 0 Å². The lowest BCUT2D eigenvalue weighted by Crippen LogP contribution is -2.46. The van der Waals surface area contributed by atoms with Gasteiger partial charge in [-0.05, 0) is 50.3 Å². The Kier molecular flexibility index (Phi) is 5.86. The number of aryl methyl sites for hydroxylation is 1. The topological polar surface area (TPSA) is 75.6 Å². The van der Waals surface area contributed by atoms with Gasteiger partial charge < -0.3 is 15.2 Å². The van der Waals surface area contributed by atoms with E-state index in [0.29, 0.717) is 6.42 Å². The molecule has 1 aromatic carbocycles. The first kappa shape index (κ1) is 18.3. The van der Waals surface area contributed by atoms with Crippen molar-refractivity contribution >= 4 is 11.9 Å². The monoisotopic (exact) mass is 333 g/mol. The highest BCUT2D eigenvalue weighted by atomic mass is 16.5. The quantitative estimate of drug-likeness (QED) is 0.803. The van der Waals surface area contributed by atoms with E-state index in [1.165, 1.54) is 0 Å². The number of methoxy groups -OCH3 is 1. The third-order valence-electron chi connectivity index (χ3n) is 5.02. The molecule has 0 bridgehead atoms. The van der Waals surface area contributed by atoms with Crippen molar-refractivity contribution in [2.24, 2.45) is 0 Å². The summed E-state index contributed by atoms with van der Waals surface area (Å²) in [6.07, 6.45) is 4.18. The van der Waals surface area contributed by atoms with Crippen molar-refractivity contribution in [2.75, 3.05) is 7.11 Å². The van der Waals surface area contributed by atoms with E-state index >= 15 is 0 Å². The van der Waals surface area contributed by atoms with Crippen LogP contribution in [0, 0.1) is 6.92 Å². The lowest BCUT2D eigenvalue weighted by atomic mass is 9.77. The summed E-state index contributed by atoms with van der Waals surface area (Å²) < 4.78 is 5.42. The van der Waals surface area contributed by atoms with E-state index < -0.39 is 11.4 Å². The summed E-state index contributed by atoms with van der Waals surface area (Å²) in [6.45, 7) is 3.84. The van der Waals surface area contributed by atoms with Gasteiger partial charge >= 0.3 is 5.97 Å². The molecule has 2 N–H and O–H groups in total. The molecule has 1 atom stereocenters. The van der Waals surface area contributed by atoms with Gasteiger partial charge in [-0.2, -0.15) is 0 Å². The molecule has 1 aliphatic carbocycles. The van der Waals surface area contributed by atoms with Gasteiger partial charge in [0.15, 0.2) is 0 Å². The molecule has 1 amide bonds. The Morgan fingerprint density at radius 2 is 2.00 bits per heavy atom. The second kappa shape index (κ2) is 7.69. The van der Waals surface area contributed by atoms with Gasteiger partial charge in [-0.3, -0.25) is 9.59 Å². The van der Waals surface area contributed by atoms with Gasteiger partial charge in [-0.1, -0.05) is 25.0 Å². The van der Waals surface area contributed by atoms with Crippen LogP contribution in [0.4, 0.5) is 0 Å². The molecule has 0 heterocycles. The molecule has 24 heavy (non-hydrogen) atoms. The Morgan fingerprint density at radius 3 is 2.58 bits per heavy atom. The molecule has 5 heteroatoms. The zero-order valence-corrected chi connectivity index (χ0v) is 14.7. The number of ether oxygens (including phenoxy) is 1. The summed E-state index contributed by atoms with van der Waals surface area (Å²) in [4.78, 5) is 23.7. The molecular formula is C19H27NO4. The van der Waals surface area contributed by atoms with E-state index in [1.807, 2.05) is 32.0 Å². The van der Waals surface area contributed by atoms with Gasteiger partial charge in [-0.25, -0.2) is 0 Å². The number of aliphatic carboxylic acids is 1. The van der Waals surface area contributed by atoms with E-state index in [9.17, 15) is 9.59 Å². The molecule has 0 aromatic heterocycles. The van der Waals surface area contributed by atoms with E-state index in [-0.39, 0.29) is 18.4 Å². The number of carboxylic acid groups (broad SMARTS) is 1. The first-order valence-electron chi connectivity index (χ1n) is 8.57. The number of hydrogen-bond donors (Lipinski definition) is 2. The fourth-order valence-electron chi connectivity index (χ4n) is 3.52. The largest absolute Gasteiger partial charge is 0.496 e. The highest BCUT2D eigenvalue weighted by Crippen LogP contribution is 2.42. The van der Waals surface area contributed by atoms with Crippen LogP contribution in [0.3, 0.4) is 0 Å². The second-order valence-corrected chi connectivity index (χ2v) is 6.78. The standard InChI is InChI=1S/C19H27NO4/c1-13-6-8-15(12-16(13)24-3)19(10-4-5-11-19)18(23)20-14(2)7-9-17(21)22/h6,8,12,14H,4-5,7,9-11H2,1-3H3,(H,20,23)(H,21,22). The summed E-state index contributed by atoms with van der Waals surface area (Å²) >= 11 is 0. The molecule has 1 unspecified atom stereocenters. The normalized spacial score (nSPS) is 17.3. The van der Waals surface area contributed by atoms with Crippen LogP contribution in [-0.2, 0) is 15.0 Å². The number of amides is 1. The molecule has 0 aliphatic heterocycles. The maximum Gasteiger partial charge on any atom is 0.303 e. The summed E-state index contributed by atoms with van der Waals surface area (Å²) in [6, 6.07) is 5.83. The van der Waals surface area contributed by atoms with Crippen molar-refractivity contribution in [3.05, 3.63) is 29.3 Å². The minimum Gasteiger partial charge on any atom is -0.496 e. The average molecular weight is 333 g/mol. The average Bonchev–Trinajstić information content (AvgIpc) is 3.04. The van der Waals surface area contributed by atoms with Crippen molar-refractivity contribution in [1.82, 2.24) is 5.32 Å². The SMILES string of the molecule is COc1cc(C2(C(=O)NC(C)CCC(=O)O)CCCC2)ccc1C. The van der Waals surface area contributed by atoms with Crippen molar-refractivity contribution in [3.63, 3.8) is 0 Å². The van der Waals surface area contributed by atoms with Gasteiger partial charge in [0, 0.05) is 12.5 Å². The number of rotatable bonds is 7. The number of hydrogen-bond acceptors (Lipinski definition) is 3. The summed E-state index contributed by atoms with van der Waals surface area (Å²) in [5.74, 6) is -0.0377. The number of carboxylic acids is 1. The summed E-state index contributed by atoms with van der Waals surface area (Å²) in [5, 5.41) is 11.8. The van der Waals surface area contributed by atoms with E-state index in [2.05, 4.69) is 5.32 Å². The smallest absolute Gasteiger partial charge is 0.303 e. The van der Waals surface area contributed by atoms with Gasteiger partial charge in [0.05, 0.1) is 12.5 Å². The molecule has 1 saturated carbocycles. The molecule has 132 valence electrons. The van der Waals surface area contributed by atoms with E-state index in [1.54, 1.807) is 7.11 Å². The maximum atomic E-state index is 13.0. The molecule has 0 saturated heterocycles. The molecule has 1 aliphatic rings. The first-order valence-corrected chi connectivity index (χ1v) is 8.57. The minimum absolute atomic E-state index is 0.00351. The van der Waals surface area contributed by atoms with Crippen molar-refractivity contribution < 1.29 is 19.4 Å². The van der Waals surface area contributed by atoms with Gasteiger partial charge in [0.2, 0.25) is 5.91 Å². The number of carbonyl (C=O) groups excluding carboxylic acids is 1. The molecular weight excluding hydrogens is 306 g/mol. The Morgan fingerprint density at radius 1 is 1.33 bits per heavy atom. The molecule has 1 fully saturated rings. The van der Waals surface area contributed by atoms with E-state index in [4.69, 9.17) is 9.84 Å². The fraction of sp³-hybridized carbons (Fsp3) is 0.579. The van der Waals surface area contributed by atoms with Crippen molar-refractivity contribution in [2.45, 2.75) is 63.8 Å². The molecule has 1 aromatic rings. The van der Waals surface area contributed by atoms with Crippen LogP contribution in [0.15, 0.2) is 18.2 Å². The van der Waals surface area contributed by atoms with Crippen LogP contribution in [-0.4, -0.2) is 30.1 Å². The van der Waals surface area contributed by atoms with Crippen LogP contribution in [0.25, 0.3) is 0 Å². The third kappa shape index (κ3) is 3.89. The zero-order valence-electron chi connectivity index (χ0n) is 14.7. The molecule has 2 rings (SSSR count). The summed E-state index contributed by atoms with van der Waals surface area (Å²) in [5.41, 5.74) is 1.51. The second-order valence-electron chi connectivity index (χ2n) is 6.78. The van der Waals surface area contributed by atoms with Gasteiger partial charge in [0.1, 0.15) is 5.75 Å². The Labute approximate surface area is 143 Å². The van der Waals surface area contributed by atoms with Crippen LogP contribution in [0.5, 0.6) is 5.75 Å². The molecule has 5 nitrogen and oxygen atoms in total. The zero-order chi connectivity index (χ0) is 17.7. The maximum absolute atomic E-state index is 13.0. The van der Waals surface area contributed by atoms with Crippen molar-refractivity contribution in [3.8, 4) is 5.75 Å². The van der Waals surface area contributed by atoms with E-state index in [0.717, 1.165) is 42.6 Å². The van der Waals surface area contributed by atoms with Crippen LogP contribution >= 0.6 is 0 Å². The predicted molar refractivity (Wildman–Crippen MR) is 92.4 cm³/mol. The minimum atomic E-state index is -0.838. The van der Waals surface area contributed by atoms with Crippen LogP contribution in [0.2, 0.25) is 0 Å². The first-order chi connectivity index (χ1) is 11.4. The lowest BCUT2D eigenvalue weighted by Gasteiger charge is -2.30. The number of benzene rings is 1. The Balaban J connectivity index is 2.21. The van der Waals surface area contributed by atoms with Crippen LogP contribution < -0.4 is 10.1 Å². The highest BCUT2D eigenvalue weighted by Gasteiger charge is 2.43. The van der Waals surface area contributed by atoms with Gasteiger partial charge in [-0.15, -0.1) is 0 Å². The fourth-order valence-corrected chi connectivity index (χ4v) is 3.52. The van der Waals surface area contributed by atoms with Crippen molar-refractivity contribution in [1.29, 1.82) is 0 Å². The highest BCUT2D eigenvalue weighted by molar-refractivity contribution is 5.89. The summed E-state index contributed by atoms with van der Waals surface area (Å²) in [7, 11) is 1.64. The third-order valence-corrected chi connectivity index (χ3v) is 5.02. The molecule has 0 radical (unpaired) electrons. The number of carbonyl (C=O) groups is 2. The Hall–Kier alpha value is -2.04. The Bertz CT molecular complexity index is 605. The number of nitrogens with one attached hydrogen (secondary N) is 1.